The molecule has 1 saturated heterocycles. The topological polar surface area (TPSA) is 38.7 Å². The molecule has 0 amide bonds. The van der Waals surface area contributed by atoms with Gasteiger partial charge in [-0.2, -0.15) is 0 Å². The lowest BCUT2D eigenvalue weighted by Crippen LogP contribution is -2.35. The third-order valence-electron chi connectivity index (χ3n) is 1.93. The van der Waals surface area contributed by atoms with E-state index in [2.05, 4.69) is 0 Å². The lowest BCUT2D eigenvalue weighted by molar-refractivity contribution is -0.226. The molecule has 3 heteroatoms. The minimum atomic E-state index is -0.502. The molecule has 0 saturated carbocycles. The van der Waals surface area contributed by atoms with E-state index in [1.165, 1.54) is 0 Å². The molecular weight excluding hydrogens is 156 g/mol. The van der Waals surface area contributed by atoms with Crippen molar-refractivity contribution in [3.05, 3.63) is 11.3 Å². The Kier molecular flexibility index (Phi) is 2.75. The summed E-state index contributed by atoms with van der Waals surface area (Å²) in [7, 11) is 0. The highest BCUT2D eigenvalue weighted by Crippen LogP contribution is 2.21. The first-order chi connectivity index (χ1) is 5.55. The lowest BCUT2D eigenvalue weighted by Gasteiger charge is -2.31. The van der Waals surface area contributed by atoms with Crippen molar-refractivity contribution in [3.8, 4) is 0 Å². The maximum absolute atomic E-state index is 9.37. The molecule has 1 rings (SSSR count). The van der Waals surface area contributed by atoms with Gasteiger partial charge in [-0.3, -0.25) is 0 Å². The molecule has 0 atom stereocenters. The SMILES string of the molecule is CCC(O)=C1COC(C)(C)OC1. The first kappa shape index (κ1) is 9.55. The Labute approximate surface area is 73.0 Å². The molecule has 0 bridgehead atoms. The fraction of sp³-hybridized carbons (Fsp3) is 0.778. The molecule has 12 heavy (non-hydrogen) atoms. The third kappa shape index (κ3) is 2.22. The maximum Gasteiger partial charge on any atom is 0.163 e. The summed E-state index contributed by atoms with van der Waals surface area (Å²) in [4.78, 5) is 0. The van der Waals surface area contributed by atoms with Gasteiger partial charge in [0.15, 0.2) is 5.79 Å². The van der Waals surface area contributed by atoms with Crippen LogP contribution in [-0.2, 0) is 9.47 Å². The number of allylic oxidation sites excluding steroid dienone is 1. The van der Waals surface area contributed by atoms with Crippen LogP contribution in [0.1, 0.15) is 27.2 Å². The molecule has 0 aromatic carbocycles. The van der Waals surface area contributed by atoms with Gasteiger partial charge >= 0.3 is 0 Å². The van der Waals surface area contributed by atoms with Crippen LogP contribution in [0.5, 0.6) is 0 Å². The molecule has 0 aromatic rings. The highest BCUT2D eigenvalue weighted by Gasteiger charge is 2.25. The van der Waals surface area contributed by atoms with Gasteiger partial charge in [0.1, 0.15) is 0 Å². The Hall–Kier alpha value is -0.540. The molecule has 0 aromatic heterocycles. The van der Waals surface area contributed by atoms with Crippen molar-refractivity contribution in [1.29, 1.82) is 0 Å². The van der Waals surface area contributed by atoms with Gasteiger partial charge < -0.3 is 14.6 Å². The van der Waals surface area contributed by atoms with E-state index in [1.807, 2.05) is 20.8 Å². The van der Waals surface area contributed by atoms with Crippen molar-refractivity contribution in [2.45, 2.75) is 33.0 Å². The van der Waals surface area contributed by atoms with Crippen LogP contribution in [0.2, 0.25) is 0 Å². The van der Waals surface area contributed by atoms with E-state index in [9.17, 15) is 5.11 Å². The van der Waals surface area contributed by atoms with Crippen molar-refractivity contribution < 1.29 is 14.6 Å². The monoisotopic (exact) mass is 172 g/mol. The molecule has 3 nitrogen and oxygen atoms in total. The van der Waals surface area contributed by atoms with Crippen LogP contribution in [0.4, 0.5) is 0 Å². The quantitative estimate of drug-likeness (QED) is 0.615. The van der Waals surface area contributed by atoms with Gasteiger partial charge in [-0.05, 0) is 13.8 Å². The Morgan fingerprint density at radius 1 is 1.42 bits per heavy atom. The van der Waals surface area contributed by atoms with Gasteiger partial charge in [0.25, 0.3) is 0 Å². The summed E-state index contributed by atoms with van der Waals surface area (Å²) in [5.74, 6) is -0.108. The number of aliphatic hydroxyl groups excluding tert-OH is 1. The Morgan fingerprint density at radius 2 is 1.92 bits per heavy atom. The fourth-order valence-corrected chi connectivity index (χ4v) is 1.02. The summed E-state index contributed by atoms with van der Waals surface area (Å²) < 4.78 is 10.7. The van der Waals surface area contributed by atoms with Crippen LogP contribution < -0.4 is 0 Å². The molecule has 0 radical (unpaired) electrons. The van der Waals surface area contributed by atoms with Gasteiger partial charge in [-0.25, -0.2) is 0 Å². The highest BCUT2D eigenvalue weighted by molar-refractivity contribution is 5.09. The predicted octanol–water partition coefficient (Wildman–Crippen LogP) is 1.99. The average Bonchev–Trinajstić information content (AvgIpc) is 2.03. The molecule has 0 spiro atoms. The van der Waals surface area contributed by atoms with Gasteiger partial charge in [0, 0.05) is 12.0 Å². The largest absolute Gasteiger partial charge is 0.512 e. The predicted molar refractivity (Wildman–Crippen MR) is 45.9 cm³/mol. The molecule has 1 fully saturated rings. The van der Waals surface area contributed by atoms with E-state index in [1.54, 1.807) is 0 Å². The smallest absolute Gasteiger partial charge is 0.163 e. The van der Waals surface area contributed by atoms with Crippen molar-refractivity contribution in [1.82, 2.24) is 0 Å². The molecule has 0 unspecified atom stereocenters. The van der Waals surface area contributed by atoms with Gasteiger partial charge in [-0.15, -0.1) is 0 Å². The summed E-state index contributed by atoms with van der Waals surface area (Å²) in [6.45, 7) is 6.60. The van der Waals surface area contributed by atoms with Crippen LogP contribution in [0.25, 0.3) is 0 Å². The van der Waals surface area contributed by atoms with Crippen LogP contribution in [0.3, 0.4) is 0 Å². The van der Waals surface area contributed by atoms with E-state index in [-0.39, 0.29) is 0 Å². The van der Waals surface area contributed by atoms with E-state index < -0.39 is 5.79 Å². The summed E-state index contributed by atoms with van der Waals surface area (Å²) in [6.07, 6.45) is 0.641. The summed E-state index contributed by atoms with van der Waals surface area (Å²) in [5.41, 5.74) is 0.858. The number of aliphatic hydroxyl groups is 1. The summed E-state index contributed by atoms with van der Waals surface area (Å²) in [6, 6.07) is 0. The molecule has 1 aliphatic heterocycles. The van der Waals surface area contributed by atoms with Crippen molar-refractivity contribution in [2.75, 3.05) is 13.2 Å². The third-order valence-corrected chi connectivity index (χ3v) is 1.93. The van der Waals surface area contributed by atoms with Crippen LogP contribution in [-0.4, -0.2) is 24.1 Å². The van der Waals surface area contributed by atoms with Gasteiger partial charge in [0.05, 0.1) is 19.0 Å². The molecule has 70 valence electrons. The second-order valence-electron chi connectivity index (χ2n) is 3.38. The normalized spacial score (nSPS) is 22.4. The van der Waals surface area contributed by atoms with Crippen molar-refractivity contribution in [2.24, 2.45) is 0 Å². The first-order valence-electron chi connectivity index (χ1n) is 4.23. The van der Waals surface area contributed by atoms with Crippen molar-refractivity contribution in [3.63, 3.8) is 0 Å². The van der Waals surface area contributed by atoms with E-state index >= 15 is 0 Å². The van der Waals surface area contributed by atoms with E-state index in [0.29, 0.717) is 25.4 Å². The summed E-state index contributed by atoms with van der Waals surface area (Å²) >= 11 is 0. The minimum absolute atomic E-state index is 0.394. The lowest BCUT2D eigenvalue weighted by atomic mass is 10.2. The molecule has 1 N–H and O–H groups in total. The number of ether oxygens (including phenoxy) is 2. The van der Waals surface area contributed by atoms with Crippen LogP contribution in [0.15, 0.2) is 11.3 Å². The number of hydrogen-bond acceptors (Lipinski definition) is 3. The molecule has 1 aliphatic rings. The second-order valence-corrected chi connectivity index (χ2v) is 3.38. The maximum atomic E-state index is 9.37. The molecule has 1 heterocycles. The highest BCUT2D eigenvalue weighted by atomic mass is 16.7. The van der Waals surface area contributed by atoms with Gasteiger partial charge in [-0.1, -0.05) is 6.92 Å². The first-order valence-corrected chi connectivity index (χ1v) is 4.23. The zero-order valence-electron chi connectivity index (χ0n) is 7.89. The zero-order chi connectivity index (χ0) is 9.19. The zero-order valence-corrected chi connectivity index (χ0v) is 7.89. The standard InChI is InChI=1S/C9H16O3/c1-4-8(10)7-5-11-9(2,3)12-6-7/h10H,4-6H2,1-3H3. The Balaban J connectivity index is 2.57. The van der Waals surface area contributed by atoms with Crippen LogP contribution in [0, 0.1) is 0 Å². The number of rotatable bonds is 1. The molecular formula is C9H16O3. The van der Waals surface area contributed by atoms with Crippen molar-refractivity contribution >= 4 is 0 Å². The van der Waals surface area contributed by atoms with Gasteiger partial charge in [0.2, 0.25) is 0 Å². The number of hydrogen-bond donors (Lipinski definition) is 1. The fourth-order valence-electron chi connectivity index (χ4n) is 1.02. The van der Waals surface area contributed by atoms with E-state index in [0.717, 1.165) is 5.57 Å². The van der Waals surface area contributed by atoms with E-state index in [4.69, 9.17) is 9.47 Å². The van der Waals surface area contributed by atoms with Crippen LogP contribution >= 0.6 is 0 Å². The summed E-state index contributed by atoms with van der Waals surface area (Å²) in [5, 5.41) is 9.37. The Morgan fingerprint density at radius 3 is 2.33 bits per heavy atom. The average molecular weight is 172 g/mol. The molecule has 0 aliphatic carbocycles. The Bertz CT molecular complexity index is 182. The minimum Gasteiger partial charge on any atom is -0.512 e. The second kappa shape index (κ2) is 3.46.